The summed E-state index contributed by atoms with van der Waals surface area (Å²) in [6.45, 7) is 6.95. The summed E-state index contributed by atoms with van der Waals surface area (Å²) >= 11 is 6.05. The third kappa shape index (κ3) is 3.40. The molecule has 158 valence electrons. The van der Waals surface area contributed by atoms with Crippen molar-refractivity contribution in [1.29, 1.82) is 0 Å². The van der Waals surface area contributed by atoms with Crippen molar-refractivity contribution in [2.24, 2.45) is 5.92 Å². The smallest absolute Gasteiger partial charge is 0.223 e. The van der Waals surface area contributed by atoms with E-state index in [1.807, 2.05) is 11.0 Å². The second kappa shape index (κ2) is 7.71. The Hall–Kier alpha value is -2.38. The minimum atomic E-state index is 0.220. The molecule has 2 aromatic heterocycles. The Kier molecular flexibility index (Phi) is 5.03. The van der Waals surface area contributed by atoms with Gasteiger partial charge < -0.3 is 19.9 Å². The van der Waals surface area contributed by atoms with Crippen molar-refractivity contribution >= 4 is 23.2 Å². The van der Waals surface area contributed by atoms with Crippen molar-refractivity contribution in [2.45, 2.75) is 39.4 Å². The Bertz CT molecular complexity index is 1010. The van der Waals surface area contributed by atoms with Crippen LogP contribution in [0.5, 0.6) is 5.75 Å². The van der Waals surface area contributed by atoms with Gasteiger partial charge in [-0.25, -0.2) is 4.98 Å². The maximum atomic E-state index is 13.0. The lowest BCUT2D eigenvalue weighted by molar-refractivity contribution is -0.133. The van der Waals surface area contributed by atoms with Gasteiger partial charge in [-0.3, -0.25) is 9.78 Å². The third-order valence-electron chi connectivity index (χ3n) is 6.51. The number of halogens is 1. The number of hydrogen-bond acceptors (Lipinski definition) is 6. The zero-order valence-electron chi connectivity index (χ0n) is 17.4. The van der Waals surface area contributed by atoms with E-state index in [1.54, 1.807) is 13.3 Å². The molecular weight excluding hydrogens is 402 g/mol. The van der Waals surface area contributed by atoms with Crippen LogP contribution in [0.3, 0.4) is 0 Å². The number of ether oxygens (including phenoxy) is 1. The number of rotatable bonds is 4. The number of amides is 1. The molecule has 1 N–H and O–H groups in total. The van der Waals surface area contributed by atoms with Crippen LogP contribution in [0.2, 0.25) is 5.15 Å². The number of hydrogen-bond donors (Lipinski definition) is 1. The van der Waals surface area contributed by atoms with Crippen LogP contribution in [0.4, 0.5) is 5.69 Å². The van der Waals surface area contributed by atoms with Gasteiger partial charge in [0.1, 0.15) is 5.15 Å². The van der Waals surface area contributed by atoms with Crippen LogP contribution in [0.15, 0.2) is 12.3 Å². The molecule has 5 rings (SSSR count). The average Bonchev–Trinajstić information content (AvgIpc) is 3.15. The molecule has 1 saturated heterocycles. The molecule has 0 aliphatic carbocycles. The number of carbonyl (C=O) groups excluding carboxylic acids is 1. The summed E-state index contributed by atoms with van der Waals surface area (Å²) in [6, 6.07) is 1.82. The van der Waals surface area contributed by atoms with E-state index in [9.17, 15) is 4.79 Å². The van der Waals surface area contributed by atoms with E-state index in [0.29, 0.717) is 36.3 Å². The zero-order valence-corrected chi connectivity index (χ0v) is 18.1. The van der Waals surface area contributed by atoms with Crippen LogP contribution in [-0.2, 0) is 30.8 Å². The summed E-state index contributed by atoms with van der Waals surface area (Å²) in [5, 5.41) is 3.88. The molecule has 0 atom stereocenters. The van der Waals surface area contributed by atoms with E-state index in [4.69, 9.17) is 21.3 Å². The molecule has 3 aliphatic heterocycles. The summed E-state index contributed by atoms with van der Waals surface area (Å²) in [5.74, 6) is 1.27. The Labute approximate surface area is 181 Å². The molecule has 1 amide bonds. The molecule has 0 bridgehead atoms. The Morgan fingerprint density at radius 1 is 1.30 bits per heavy atom. The van der Waals surface area contributed by atoms with Gasteiger partial charge in [0.2, 0.25) is 5.91 Å². The number of pyridine rings is 2. The number of fused-ring (bicyclic) bond motifs is 3. The van der Waals surface area contributed by atoms with Gasteiger partial charge in [0.15, 0.2) is 5.75 Å². The van der Waals surface area contributed by atoms with Crippen LogP contribution in [0, 0.1) is 12.8 Å². The Morgan fingerprint density at radius 2 is 2.13 bits per heavy atom. The molecule has 30 heavy (non-hydrogen) atoms. The van der Waals surface area contributed by atoms with E-state index >= 15 is 0 Å². The highest BCUT2D eigenvalue weighted by Gasteiger charge is 2.35. The molecule has 5 heterocycles. The highest BCUT2D eigenvalue weighted by molar-refractivity contribution is 6.29. The maximum absolute atomic E-state index is 13.0. The van der Waals surface area contributed by atoms with Crippen LogP contribution in [-0.4, -0.2) is 47.5 Å². The summed E-state index contributed by atoms with van der Waals surface area (Å²) < 4.78 is 5.40. The van der Waals surface area contributed by atoms with Crippen molar-refractivity contribution in [3.05, 3.63) is 45.5 Å². The van der Waals surface area contributed by atoms with Crippen LogP contribution in [0.25, 0.3) is 0 Å². The van der Waals surface area contributed by atoms with Crippen molar-refractivity contribution in [2.75, 3.05) is 31.6 Å². The quantitative estimate of drug-likeness (QED) is 0.756. The van der Waals surface area contributed by atoms with Gasteiger partial charge in [-0.05, 0) is 36.6 Å². The molecule has 1 fully saturated rings. The minimum Gasteiger partial charge on any atom is -0.493 e. The van der Waals surface area contributed by atoms with E-state index in [1.165, 1.54) is 16.7 Å². The molecule has 3 aliphatic rings. The molecule has 2 aromatic rings. The van der Waals surface area contributed by atoms with E-state index in [2.05, 4.69) is 22.1 Å². The number of nitrogens with one attached hydrogen (secondary N) is 1. The molecule has 0 radical (unpaired) electrons. The molecule has 0 spiro atoms. The van der Waals surface area contributed by atoms with Gasteiger partial charge in [0.25, 0.3) is 0 Å². The van der Waals surface area contributed by atoms with Gasteiger partial charge in [-0.2, -0.15) is 0 Å². The summed E-state index contributed by atoms with van der Waals surface area (Å²) in [6.07, 6.45) is 3.23. The Balaban J connectivity index is 1.22. The lowest BCUT2D eigenvalue weighted by Gasteiger charge is -2.41. The fourth-order valence-corrected chi connectivity index (χ4v) is 5.03. The van der Waals surface area contributed by atoms with Gasteiger partial charge >= 0.3 is 0 Å². The number of aryl methyl sites for hydroxylation is 1. The van der Waals surface area contributed by atoms with Crippen LogP contribution >= 0.6 is 11.6 Å². The maximum Gasteiger partial charge on any atom is 0.223 e. The van der Waals surface area contributed by atoms with Crippen molar-refractivity contribution in [3.63, 3.8) is 0 Å². The number of nitrogens with zero attached hydrogens (tertiary/aromatic N) is 4. The van der Waals surface area contributed by atoms with Gasteiger partial charge in [0, 0.05) is 50.3 Å². The fraction of sp³-hybridized carbons (Fsp3) is 0.500. The first-order valence-electron chi connectivity index (χ1n) is 10.5. The average molecular weight is 428 g/mol. The zero-order chi connectivity index (χ0) is 20.8. The SMILES string of the molecule is COc1cnc(Cl)cc1N1CC(CC(=O)N2Cc3nc(C)c4c(c3C2)CCNC4)C1. The van der Waals surface area contributed by atoms with E-state index in [-0.39, 0.29) is 5.91 Å². The second-order valence-corrected chi connectivity index (χ2v) is 8.80. The van der Waals surface area contributed by atoms with Gasteiger partial charge in [0.05, 0.1) is 31.2 Å². The summed E-state index contributed by atoms with van der Waals surface area (Å²) in [5.41, 5.74) is 7.17. The molecule has 0 aromatic carbocycles. The predicted octanol–water partition coefficient (Wildman–Crippen LogP) is 2.46. The van der Waals surface area contributed by atoms with E-state index in [0.717, 1.165) is 49.7 Å². The van der Waals surface area contributed by atoms with Crippen molar-refractivity contribution < 1.29 is 9.53 Å². The lowest BCUT2D eigenvalue weighted by Crippen LogP contribution is -2.48. The van der Waals surface area contributed by atoms with Crippen LogP contribution < -0.4 is 15.0 Å². The molecule has 8 heteroatoms. The highest BCUT2D eigenvalue weighted by Crippen LogP contribution is 2.36. The first-order valence-corrected chi connectivity index (χ1v) is 10.8. The predicted molar refractivity (Wildman–Crippen MR) is 115 cm³/mol. The van der Waals surface area contributed by atoms with Gasteiger partial charge in [-0.1, -0.05) is 11.6 Å². The van der Waals surface area contributed by atoms with Crippen molar-refractivity contribution in [1.82, 2.24) is 20.2 Å². The van der Waals surface area contributed by atoms with Crippen LogP contribution in [0.1, 0.15) is 34.5 Å². The second-order valence-electron chi connectivity index (χ2n) is 8.41. The number of aromatic nitrogens is 2. The van der Waals surface area contributed by atoms with Gasteiger partial charge in [-0.15, -0.1) is 0 Å². The number of anilines is 1. The first kappa shape index (κ1) is 19.6. The third-order valence-corrected chi connectivity index (χ3v) is 6.71. The Morgan fingerprint density at radius 3 is 2.93 bits per heavy atom. The van der Waals surface area contributed by atoms with E-state index < -0.39 is 0 Å². The number of carbonyl (C=O) groups is 1. The molecule has 0 saturated carbocycles. The standard InChI is InChI=1S/C22H26ClN5O2/c1-13-16-7-24-4-3-15(16)17-11-28(12-18(17)26-13)22(29)5-14-9-27(10-14)19-6-21(23)25-8-20(19)30-2/h6,8,14,24H,3-5,7,9-12H2,1-2H3. The normalized spacial score (nSPS) is 18.1. The topological polar surface area (TPSA) is 70.6 Å². The fourth-order valence-electron chi connectivity index (χ4n) is 4.88. The molecule has 0 unspecified atom stereocenters. The first-order chi connectivity index (χ1) is 14.5. The summed E-state index contributed by atoms with van der Waals surface area (Å²) in [7, 11) is 1.63. The molecular formula is C22H26ClN5O2. The lowest BCUT2D eigenvalue weighted by atomic mass is 9.94. The number of methoxy groups -OCH3 is 1. The minimum absolute atomic E-state index is 0.220. The summed E-state index contributed by atoms with van der Waals surface area (Å²) in [4.78, 5) is 26.1. The largest absolute Gasteiger partial charge is 0.493 e. The monoisotopic (exact) mass is 427 g/mol. The van der Waals surface area contributed by atoms with Crippen molar-refractivity contribution in [3.8, 4) is 5.75 Å². The highest BCUT2D eigenvalue weighted by atomic mass is 35.5. The molecule has 7 nitrogen and oxygen atoms in total.